The number of ether oxygens (including phenoxy) is 2. The monoisotopic (exact) mass is 499 g/mol. The number of rotatable bonds is 10. The van der Waals surface area contributed by atoms with E-state index in [2.05, 4.69) is 25.3 Å². The highest BCUT2D eigenvalue weighted by Gasteiger charge is 2.30. The number of carbonyl (C=O) groups excluding carboxylic acids is 1. The number of nitrogens with zero attached hydrogens (tertiary/aromatic N) is 4. The molecule has 2 aromatic heterocycles. The van der Waals surface area contributed by atoms with E-state index in [1.54, 1.807) is 47.4 Å². The van der Waals surface area contributed by atoms with Crippen molar-refractivity contribution < 1.29 is 31.9 Å². The number of oxazole rings is 1. The fraction of sp³-hybridized carbons (Fsp3) is 0.167. The first-order chi connectivity index (χ1) is 17.3. The molecule has 186 valence electrons. The van der Waals surface area contributed by atoms with Gasteiger partial charge in [0.2, 0.25) is 5.89 Å². The van der Waals surface area contributed by atoms with Gasteiger partial charge in [-0.1, -0.05) is 17.3 Å². The van der Waals surface area contributed by atoms with Crippen molar-refractivity contribution in [1.82, 2.24) is 20.0 Å². The lowest BCUT2D eigenvalue weighted by atomic mass is 10.2. The summed E-state index contributed by atoms with van der Waals surface area (Å²) in [6, 6.07) is 12.2. The van der Waals surface area contributed by atoms with Crippen molar-refractivity contribution >= 4 is 23.7 Å². The van der Waals surface area contributed by atoms with Gasteiger partial charge in [0.25, 0.3) is 5.91 Å². The topological polar surface area (TPSA) is 104 Å². The molecule has 1 amide bonds. The van der Waals surface area contributed by atoms with Crippen LogP contribution in [0.4, 0.5) is 18.9 Å². The SMILES string of the molecule is O=C(Nc1ccc(OCCCn2ccnn2)cc1)c1coc(C=Cc2ccc(OC(F)(F)F)cc2)n1. The second-order valence-electron chi connectivity index (χ2n) is 7.37. The van der Waals surface area contributed by atoms with Crippen molar-refractivity contribution in [2.24, 2.45) is 0 Å². The van der Waals surface area contributed by atoms with Gasteiger partial charge in [0, 0.05) is 30.9 Å². The number of aromatic nitrogens is 4. The number of alkyl halides is 3. The van der Waals surface area contributed by atoms with Gasteiger partial charge < -0.3 is 19.2 Å². The minimum Gasteiger partial charge on any atom is -0.494 e. The van der Waals surface area contributed by atoms with Crippen LogP contribution in [0, 0.1) is 0 Å². The van der Waals surface area contributed by atoms with Crippen LogP contribution in [0.1, 0.15) is 28.4 Å². The Balaban J connectivity index is 1.25. The number of aryl methyl sites for hydroxylation is 1. The lowest BCUT2D eigenvalue weighted by Gasteiger charge is -2.08. The van der Waals surface area contributed by atoms with Crippen LogP contribution in [0.15, 0.2) is 71.6 Å². The minimum atomic E-state index is -4.75. The van der Waals surface area contributed by atoms with Crippen molar-refractivity contribution in [2.45, 2.75) is 19.3 Å². The Hall–Kier alpha value is -4.61. The Bertz CT molecular complexity index is 1280. The highest BCUT2D eigenvalue weighted by Crippen LogP contribution is 2.23. The first-order valence-corrected chi connectivity index (χ1v) is 10.7. The summed E-state index contributed by atoms with van der Waals surface area (Å²) in [5.41, 5.74) is 1.21. The number of nitrogens with one attached hydrogen (secondary N) is 1. The quantitative estimate of drug-likeness (QED) is 0.304. The summed E-state index contributed by atoms with van der Waals surface area (Å²) >= 11 is 0. The Morgan fingerprint density at radius 2 is 1.81 bits per heavy atom. The first kappa shape index (κ1) is 24.5. The molecular formula is C24H20F3N5O4. The highest BCUT2D eigenvalue weighted by atomic mass is 19.4. The second kappa shape index (κ2) is 11.2. The van der Waals surface area contributed by atoms with Crippen molar-refractivity contribution in [1.29, 1.82) is 0 Å². The van der Waals surface area contributed by atoms with Crippen molar-refractivity contribution in [3.05, 3.63) is 84.3 Å². The van der Waals surface area contributed by atoms with Crippen LogP contribution in [0.5, 0.6) is 11.5 Å². The lowest BCUT2D eigenvalue weighted by Crippen LogP contribution is -2.16. The van der Waals surface area contributed by atoms with E-state index in [0.717, 1.165) is 6.42 Å². The maximum Gasteiger partial charge on any atom is 0.573 e. The standard InChI is InChI=1S/C24H20F3N5O4/c25-24(26,27)36-20-7-2-17(3-8-20)4-11-22-30-21(16-35-22)23(33)29-18-5-9-19(10-6-18)34-15-1-13-32-14-12-28-31-32/h2-12,14,16H,1,13,15H2,(H,29,33). The van der Waals surface area contributed by atoms with Crippen LogP contribution < -0.4 is 14.8 Å². The maximum absolute atomic E-state index is 12.5. The molecule has 0 bridgehead atoms. The molecule has 4 aromatic rings. The third kappa shape index (κ3) is 7.45. The third-order valence-corrected chi connectivity index (χ3v) is 4.67. The van der Waals surface area contributed by atoms with E-state index in [0.29, 0.717) is 30.2 Å². The second-order valence-corrected chi connectivity index (χ2v) is 7.37. The van der Waals surface area contributed by atoms with Gasteiger partial charge in [0.05, 0.1) is 12.8 Å². The molecular weight excluding hydrogens is 479 g/mol. The number of amides is 1. The molecule has 9 nitrogen and oxygen atoms in total. The van der Waals surface area contributed by atoms with Crippen LogP contribution in [0.2, 0.25) is 0 Å². The van der Waals surface area contributed by atoms with Gasteiger partial charge in [-0.3, -0.25) is 9.48 Å². The van der Waals surface area contributed by atoms with Crippen LogP contribution in [-0.2, 0) is 6.54 Å². The molecule has 0 fully saturated rings. The number of hydrogen-bond donors (Lipinski definition) is 1. The summed E-state index contributed by atoms with van der Waals surface area (Å²) < 4.78 is 53.2. The predicted molar refractivity (Wildman–Crippen MR) is 123 cm³/mol. The number of carbonyl (C=O) groups is 1. The molecule has 1 N–H and O–H groups in total. The van der Waals surface area contributed by atoms with Gasteiger partial charge in [-0.05, 0) is 48.0 Å². The zero-order valence-electron chi connectivity index (χ0n) is 18.7. The Morgan fingerprint density at radius 1 is 1.06 bits per heavy atom. The molecule has 0 spiro atoms. The number of hydrogen-bond acceptors (Lipinski definition) is 7. The Labute approximate surface area is 203 Å². The summed E-state index contributed by atoms with van der Waals surface area (Å²) in [4.78, 5) is 16.6. The highest BCUT2D eigenvalue weighted by molar-refractivity contribution is 6.02. The fourth-order valence-electron chi connectivity index (χ4n) is 3.01. The van der Waals surface area contributed by atoms with Crippen LogP contribution in [-0.4, -0.2) is 38.9 Å². The van der Waals surface area contributed by atoms with Gasteiger partial charge >= 0.3 is 6.36 Å². The number of halogens is 3. The van der Waals surface area contributed by atoms with Crippen LogP contribution in [0.25, 0.3) is 12.2 Å². The van der Waals surface area contributed by atoms with Crippen molar-refractivity contribution in [3.8, 4) is 11.5 Å². The van der Waals surface area contributed by atoms with E-state index in [-0.39, 0.29) is 17.3 Å². The summed E-state index contributed by atoms with van der Waals surface area (Å²) in [5, 5.41) is 10.3. The van der Waals surface area contributed by atoms with Crippen LogP contribution >= 0.6 is 0 Å². The summed E-state index contributed by atoms with van der Waals surface area (Å²) in [6.45, 7) is 1.21. The average Bonchev–Trinajstić information content (AvgIpc) is 3.54. The Kier molecular flexibility index (Phi) is 7.63. The van der Waals surface area contributed by atoms with E-state index in [4.69, 9.17) is 9.15 Å². The Morgan fingerprint density at radius 3 is 2.50 bits per heavy atom. The smallest absolute Gasteiger partial charge is 0.494 e. The zero-order chi connectivity index (χ0) is 25.4. The summed E-state index contributed by atoms with van der Waals surface area (Å²) in [6.07, 6.45) is 3.70. The first-order valence-electron chi connectivity index (χ1n) is 10.7. The van der Waals surface area contributed by atoms with Crippen molar-refractivity contribution in [3.63, 3.8) is 0 Å². The van der Waals surface area contributed by atoms with Gasteiger partial charge in [-0.15, -0.1) is 18.3 Å². The summed E-state index contributed by atoms with van der Waals surface area (Å²) in [5.74, 6) is 0.0369. The third-order valence-electron chi connectivity index (χ3n) is 4.67. The molecule has 2 heterocycles. The molecule has 0 aliphatic heterocycles. The molecule has 36 heavy (non-hydrogen) atoms. The minimum absolute atomic E-state index is 0.0667. The molecule has 12 heteroatoms. The van der Waals surface area contributed by atoms with E-state index < -0.39 is 12.3 Å². The average molecular weight is 499 g/mol. The maximum atomic E-state index is 12.5. The van der Waals surface area contributed by atoms with E-state index >= 15 is 0 Å². The van der Waals surface area contributed by atoms with E-state index in [1.807, 2.05) is 0 Å². The van der Waals surface area contributed by atoms with Gasteiger partial charge in [0.1, 0.15) is 17.8 Å². The number of anilines is 1. The molecule has 0 saturated heterocycles. The molecule has 0 saturated carbocycles. The summed E-state index contributed by atoms with van der Waals surface area (Å²) in [7, 11) is 0. The molecule has 0 aliphatic rings. The lowest BCUT2D eigenvalue weighted by molar-refractivity contribution is -0.274. The van der Waals surface area contributed by atoms with Crippen molar-refractivity contribution in [2.75, 3.05) is 11.9 Å². The van der Waals surface area contributed by atoms with Gasteiger partial charge in [0.15, 0.2) is 5.69 Å². The molecule has 0 aliphatic carbocycles. The van der Waals surface area contributed by atoms with Crippen LogP contribution in [0.3, 0.4) is 0 Å². The fourth-order valence-corrected chi connectivity index (χ4v) is 3.01. The predicted octanol–water partition coefficient (Wildman–Crippen LogP) is 5.06. The molecule has 0 unspecified atom stereocenters. The molecule has 2 aromatic carbocycles. The molecule has 0 atom stereocenters. The number of benzene rings is 2. The van der Waals surface area contributed by atoms with Gasteiger partial charge in [-0.25, -0.2) is 4.98 Å². The van der Waals surface area contributed by atoms with E-state index in [1.165, 1.54) is 36.6 Å². The van der Waals surface area contributed by atoms with Gasteiger partial charge in [-0.2, -0.15) is 0 Å². The normalized spacial score (nSPS) is 11.5. The largest absolute Gasteiger partial charge is 0.573 e. The molecule has 0 radical (unpaired) electrons. The van der Waals surface area contributed by atoms with E-state index in [9.17, 15) is 18.0 Å². The molecule has 4 rings (SSSR count). The zero-order valence-corrected chi connectivity index (χ0v) is 18.7.